The molecule has 176 valence electrons. The second-order valence-electron chi connectivity index (χ2n) is 8.17. The van der Waals surface area contributed by atoms with Crippen molar-refractivity contribution in [2.24, 2.45) is 0 Å². The normalized spacial score (nSPS) is 17.4. The van der Waals surface area contributed by atoms with E-state index in [1.54, 1.807) is 30.2 Å². The van der Waals surface area contributed by atoms with E-state index in [1.165, 1.54) is 19.2 Å². The summed E-state index contributed by atoms with van der Waals surface area (Å²) in [6.45, 7) is 2.07. The van der Waals surface area contributed by atoms with E-state index in [1.807, 2.05) is 43.3 Å². The van der Waals surface area contributed by atoms with Crippen LogP contribution in [0.4, 0.5) is 9.18 Å². The lowest BCUT2D eigenvalue weighted by molar-refractivity contribution is -0.139. The summed E-state index contributed by atoms with van der Waals surface area (Å²) >= 11 is 0. The standard InChI is InChI=1S/C27H26FNO5/c1-17-26(19-7-5-4-6-8-19)34-27(31)29(17)16-20-15-21(28)10-11-22(20)23-13-18(14-25(30)33-3)9-12-24(23)32-2/h4-13,15,17,26H,14,16H2,1-3H3. The molecule has 7 heteroatoms. The fourth-order valence-corrected chi connectivity index (χ4v) is 4.26. The van der Waals surface area contributed by atoms with Crippen LogP contribution in [0.1, 0.15) is 29.7 Å². The Kier molecular flexibility index (Phi) is 6.82. The van der Waals surface area contributed by atoms with Gasteiger partial charge in [-0.05, 0) is 53.4 Å². The average Bonchev–Trinajstić information content (AvgIpc) is 3.13. The largest absolute Gasteiger partial charge is 0.496 e. The predicted molar refractivity (Wildman–Crippen MR) is 125 cm³/mol. The number of ether oxygens (including phenoxy) is 3. The Morgan fingerprint density at radius 1 is 1.03 bits per heavy atom. The molecule has 6 nitrogen and oxygen atoms in total. The van der Waals surface area contributed by atoms with Gasteiger partial charge >= 0.3 is 12.1 Å². The van der Waals surface area contributed by atoms with Crippen molar-refractivity contribution in [1.29, 1.82) is 0 Å². The van der Waals surface area contributed by atoms with E-state index in [2.05, 4.69) is 0 Å². The van der Waals surface area contributed by atoms with E-state index in [9.17, 15) is 14.0 Å². The molecule has 3 aromatic rings. The van der Waals surface area contributed by atoms with Gasteiger partial charge in [0, 0.05) is 5.56 Å². The van der Waals surface area contributed by atoms with Gasteiger partial charge in [0.15, 0.2) is 0 Å². The van der Waals surface area contributed by atoms with Crippen molar-refractivity contribution in [2.45, 2.75) is 32.0 Å². The molecule has 0 bridgehead atoms. The first-order valence-electron chi connectivity index (χ1n) is 11.0. The molecular weight excluding hydrogens is 437 g/mol. The zero-order valence-electron chi connectivity index (χ0n) is 19.3. The zero-order chi connectivity index (χ0) is 24.2. The number of halogens is 1. The molecule has 2 unspecified atom stereocenters. The molecule has 0 radical (unpaired) electrons. The van der Waals surface area contributed by atoms with E-state index < -0.39 is 18.0 Å². The topological polar surface area (TPSA) is 65.1 Å². The predicted octanol–water partition coefficient (Wildman–Crippen LogP) is 5.30. The minimum Gasteiger partial charge on any atom is -0.496 e. The number of methoxy groups -OCH3 is 2. The van der Waals surface area contributed by atoms with Crippen LogP contribution < -0.4 is 4.74 Å². The van der Waals surface area contributed by atoms with Gasteiger partial charge in [-0.2, -0.15) is 0 Å². The van der Waals surface area contributed by atoms with Crippen molar-refractivity contribution in [3.63, 3.8) is 0 Å². The number of benzene rings is 3. The third kappa shape index (κ3) is 4.73. The summed E-state index contributed by atoms with van der Waals surface area (Å²) in [6.07, 6.45) is -0.773. The van der Waals surface area contributed by atoms with Gasteiger partial charge in [-0.25, -0.2) is 9.18 Å². The summed E-state index contributed by atoms with van der Waals surface area (Å²) in [5.74, 6) is -0.208. The van der Waals surface area contributed by atoms with Crippen LogP contribution in [-0.2, 0) is 27.2 Å². The van der Waals surface area contributed by atoms with Crippen LogP contribution in [0.25, 0.3) is 11.1 Å². The molecule has 4 rings (SSSR count). The number of carbonyl (C=O) groups excluding carboxylic acids is 2. The van der Waals surface area contributed by atoms with Gasteiger partial charge < -0.3 is 14.2 Å². The molecule has 34 heavy (non-hydrogen) atoms. The zero-order valence-corrected chi connectivity index (χ0v) is 19.3. The number of carbonyl (C=O) groups is 2. The highest BCUT2D eigenvalue weighted by molar-refractivity contribution is 5.78. The number of rotatable bonds is 7. The number of hydrogen-bond donors (Lipinski definition) is 0. The first-order chi connectivity index (χ1) is 16.4. The highest BCUT2D eigenvalue weighted by atomic mass is 19.1. The molecule has 3 aromatic carbocycles. The van der Waals surface area contributed by atoms with Crippen molar-refractivity contribution in [3.8, 4) is 16.9 Å². The van der Waals surface area contributed by atoms with Crippen LogP contribution in [-0.4, -0.2) is 37.2 Å². The SMILES string of the molecule is COC(=O)Cc1ccc(OC)c(-c2ccc(F)cc2CN2C(=O)OC(c3ccccc3)C2C)c1. The van der Waals surface area contributed by atoms with Crippen molar-refractivity contribution in [3.05, 3.63) is 89.2 Å². The smallest absolute Gasteiger partial charge is 0.411 e. The summed E-state index contributed by atoms with van der Waals surface area (Å²) in [5.41, 5.74) is 3.64. The minimum absolute atomic E-state index is 0.0955. The highest BCUT2D eigenvalue weighted by Crippen LogP contribution is 2.37. The Bertz CT molecular complexity index is 1200. The Balaban J connectivity index is 1.69. The van der Waals surface area contributed by atoms with Crippen LogP contribution in [0.2, 0.25) is 0 Å². The summed E-state index contributed by atoms with van der Waals surface area (Å²) in [5, 5.41) is 0. The van der Waals surface area contributed by atoms with Crippen LogP contribution in [0, 0.1) is 5.82 Å². The maximum Gasteiger partial charge on any atom is 0.411 e. The lowest BCUT2D eigenvalue weighted by Crippen LogP contribution is -2.31. The second kappa shape index (κ2) is 9.95. The molecule has 0 spiro atoms. The van der Waals surface area contributed by atoms with Gasteiger partial charge in [-0.15, -0.1) is 0 Å². The summed E-state index contributed by atoms with van der Waals surface area (Å²) in [7, 11) is 2.89. The van der Waals surface area contributed by atoms with E-state index in [0.717, 1.165) is 11.1 Å². The first kappa shape index (κ1) is 23.3. The number of hydrogen-bond acceptors (Lipinski definition) is 5. The van der Waals surface area contributed by atoms with Crippen LogP contribution in [0.15, 0.2) is 66.7 Å². The Morgan fingerprint density at radius 2 is 1.79 bits per heavy atom. The van der Waals surface area contributed by atoms with Gasteiger partial charge in [-0.1, -0.05) is 42.5 Å². The number of amides is 1. The van der Waals surface area contributed by atoms with Gasteiger partial charge in [0.1, 0.15) is 17.7 Å². The molecule has 0 saturated carbocycles. The maximum atomic E-state index is 14.3. The monoisotopic (exact) mass is 463 g/mol. The first-order valence-corrected chi connectivity index (χ1v) is 11.0. The fraction of sp³-hybridized carbons (Fsp3) is 0.259. The van der Waals surface area contributed by atoms with Crippen molar-refractivity contribution < 1.29 is 28.2 Å². The summed E-state index contributed by atoms with van der Waals surface area (Å²) in [6, 6.07) is 19.1. The average molecular weight is 464 g/mol. The van der Waals surface area contributed by atoms with Crippen LogP contribution >= 0.6 is 0 Å². The quantitative estimate of drug-likeness (QED) is 0.445. The van der Waals surface area contributed by atoms with Crippen molar-refractivity contribution in [1.82, 2.24) is 4.90 Å². The molecule has 1 heterocycles. The van der Waals surface area contributed by atoms with Gasteiger partial charge in [-0.3, -0.25) is 9.69 Å². The van der Waals surface area contributed by atoms with Gasteiger partial charge in [0.2, 0.25) is 0 Å². The second-order valence-corrected chi connectivity index (χ2v) is 8.17. The lowest BCUT2D eigenvalue weighted by Gasteiger charge is -2.23. The lowest BCUT2D eigenvalue weighted by atomic mass is 9.95. The molecule has 1 saturated heterocycles. The summed E-state index contributed by atoms with van der Waals surface area (Å²) < 4.78 is 30.3. The van der Waals surface area contributed by atoms with Crippen molar-refractivity contribution >= 4 is 12.1 Å². The van der Waals surface area contributed by atoms with E-state index >= 15 is 0 Å². The minimum atomic E-state index is -0.456. The molecule has 1 aliphatic rings. The summed E-state index contributed by atoms with van der Waals surface area (Å²) in [4.78, 5) is 26.2. The van der Waals surface area contributed by atoms with E-state index in [-0.39, 0.29) is 25.0 Å². The molecule has 1 aliphatic heterocycles. The molecule has 0 aromatic heterocycles. The third-order valence-corrected chi connectivity index (χ3v) is 6.06. The highest BCUT2D eigenvalue weighted by Gasteiger charge is 2.39. The fourth-order valence-electron chi connectivity index (χ4n) is 4.26. The molecular formula is C27H26FNO5. The molecule has 1 fully saturated rings. The maximum absolute atomic E-state index is 14.3. The van der Waals surface area contributed by atoms with E-state index in [0.29, 0.717) is 22.4 Å². The Hall–Kier alpha value is -3.87. The third-order valence-electron chi connectivity index (χ3n) is 6.06. The number of esters is 1. The van der Waals surface area contributed by atoms with Crippen LogP contribution in [0.3, 0.4) is 0 Å². The molecule has 2 atom stereocenters. The molecule has 0 aliphatic carbocycles. The molecule has 0 N–H and O–H groups in total. The number of nitrogens with zero attached hydrogens (tertiary/aromatic N) is 1. The Labute approximate surface area is 197 Å². The van der Waals surface area contributed by atoms with Crippen LogP contribution in [0.5, 0.6) is 5.75 Å². The van der Waals surface area contributed by atoms with Gasteiger partial charge in [0.25, 0.3) is 0 Å². The molecule has 1 amide bonds. The number of cyclic esters (lactones) is 1. The van der Waals surface area contributed by atoms with Gasteiger partial charge in [0.05, 0.1) is 33.2 Å². The van der Waals surface area contributed by atoms with Crippen molar-refractivity contribution in [2.75, 3.05) is 14.2 Å². The van der Waals surface area contributed by atoms with E-state index in [4.69, 9.17) is 14.2 Å². The Morgan fingerprint density at radius 3 is 2.50 bits per heavy atom.